The zero-order chi connectivity index (χ0) is 8.93. The molecule has 2 unspecified atom stereocenters. The van der Waals surface area contributed by atoms with Crippen LogP contribution in [0.25, 0.3) is 0 Å². The van der Waals surface area contributed by atoms with Crippen molar-refractivity contribution in [2.75, 3.05) is 6.61 Å². The first-order valence-electron chi connectivity index (χ1n) is 4.07. The normalized spacial score (nSPS) is 52.2. The Morgan fingerprint density at radius 2 is 2.42 bits per heavy atom. The molecule has 0 radical (unpaired) electrons. The zero-order valence-electron chi connectivity index (χ0n) is 7.11. The molecule has 0 aromatic heterocycles. The fraction of sp³-hybridized carbons (Fsp3) is 0.857. The van der Waals surface area contributed by atoms with Crippen molar-refractivity contribution in [3.8, 4) is 0 Å². The predicted octanol–water partition coefficient (Wildman–Crippen LogP) is -1.73. The molecular weight excluding hydrogens is 159 g/mol. The van der Waals surface area contributed by atoms with Gasteiger partial charge < -0.3 is 14.6 Å². The van der Waals surface area contributed by atoms with Crippen molar-refractivity contribution in [1.29, 1.82) is 0 Å². The average Bonchev–Trinajstić information content (AvgIpc) is 2.41. The van der Waals surface area contributed by atoms with Gasteiger partial charge in [-0.25, -0.2) is 0 Å². The molecule has 0 aromatic carbocycles. The molecule has 0 aromatic rings. The molecule has 2 rings (SSSR count). The van der Waals surface area contributed by atoms with E-state index in [1.807, 2.05) is 0 Å². The molecule has 2 aliphatic rings. The number of hydrogen-bond acceptors (Lipinski definition) is 4. The van der Waals surface area contributed by atoms with E-state index >= 15 is 0 Å². The Morgan fingerprint density at radius 1 is 1.75 bits per heavy atom. The van der Waals surface area contributed by atoms with Crippen LogP contribution in [0.15, 0.2) is 0 Å². The summed E-state index contributed by atoms with van der Waals surface area (Å²) < 4.78 is 10.2. The number of hydrogen-bond donors (Lipinski definition) is 1. The van der Waals surface area contributed by atoms with Crippen LogP contribution in [0.3, 0.4) is 0 Å². The van der Waals surface area contributed by atoms with Gasteiger partial charge >= 0.3 is 5.97 Å². The molecule has 12 heavy (non-hydrogen) atoms. The van der Waals surface area contributed by atoms with Crippen LogP contribution < -0.4 is 0 Å². The molecule has 0 spiro atoms. The first kappa shape index (κ1) is 8.07. The highest BCUT2D eigenvalue weighted by molar-refractivity contribution is 6.12. The van der Waals surface area contributed by atoms with E-state index in [1.54, 1.807) is 14.8 Å². The van der Waals surface area contributed by atoms with Crippen LogP contribution in [0.4, 0.5) is 0 Å². The minimum atomic E-state index is -0.834. The number of aliphatic hydroxyl groups is 1. The predicted molar refractivity (Wildman–Crippen MR) is 42.3 cm³/mol. The summed E-state index contributed by atoms with van der Waals surface area (Å²) in [6.45, 7) is 1.97. The lowest BCUT2D eigenvalue weighted by molar-refractivity contribution is -0.149. The third-order valence-corrected chi connectivity index (χ3v) is 2.91. The van der Waals surface area contributed by atoms with Gasteiger partial charge in [-0.2, -0.15) is 0 Å². The van der Waals surface area contributed by atoms with Crippen LogP contribution in [0, 0.1) is 5.41 Å². The van der Waals surface area contributed by atoms with E-state index < -0.39 is 11.5 Å². The highest BCUT2D eigenvalue weighted by Crippen LogP contribution is 2.42. The first-order valence-corrected chi connectivity index (χ1v) is 4.07. The molecule has 0 aliphatic carbocycles. The van der Waals surface area contributed by atoms with E-state index in [0.717, 1.165) is 0 Å². The molecule has 4 atom stereocenters. The molecule has 4 nitrogen and oxygen atoms in total. The van der Waals surface area contributed by atoms with Crippen molar-refractivity contribution in [3.05, 3.63) is 0 Å². The van der Waals surface area contributed by atoms with Crippen LogP contribution in [0.5, 0.6) is 0 Å². The number of fused-ring (bicyclic) bond motifs is 1. The molecule has 0 bridgehead atoms. The molecule has 1 N–H and O–H groups in total. The maximum absolute atomic E-state index is 11.3. The fourth-order valence-corrected chi connectivity index (χ4v) is 1.92. The maximum Gasteiger partial charge on any atom is 0.317 e. The van der Waals surface area contributed by atoms with E-state index in [9.17, 15) is 9.90 Å². The summed E-state index contributed by atoms with van der Waals surface area (Å²) in [6, 6.07) is -0.271. The Balaban J connectivity index is 2.34. The number of ether oxygens (including phenoxy) is 2. The van der Waals surface area contributed by atoms with Gasteiger partial charge in [0.15, 0.2) is 0 Å². The number of carbonyl (C=O) groups is 1. The Morgan fingerprint density at radius 3 is 3.00 bits per heavy atom. The second-order valence-electron chi connectivity index (χ2n) is 3.66. The van der Waals surface area contributed by atoms with Gasteiger partial charge in [-0.1, -0.05) is 0 Å². The number of cyclic esters (lactones) is 1. The summed E-state index contributed by atoms with van der Waals surface area (Å²) in [5, 5.41) is 9.67. The Hall–Kier alpha value is -0.545. The Bertz CT molecular complexity index is 227. The Kier molecular flexibility index (Phi) is 1.50. The van der Waals surface area contributed by atoms with E-state index in [0.29, 0.717) is 0 Å². The van der Waals surface area contributed by atoms with E-state index in [4.69, 9.17) is 9.47 Å². The van der Waals surface area contributed by atoms with Gasteiger partial charge in [-0.05, 0) is 6.92 Å². The summed E-state index contributed by atoms with van der Waals surface area (Å²) in [4.78, 5) is 11.3. The maximum atomic E-state index is 11.3. The van der Waals surface area contributed by atoms with Gasteiger partial charge in [0, 0.05) is 0 Å². The van der Waals surface area contributed by atoms with E-state index in [2.05, 4.69) is 0 Å². The Labute approximate surface area is 71.3 Å². The molecule has 2 saturated heterocycles. The number of carbonyl (C=O) groups excluding carboxylic acids is 1. The number of rotatable bonds is 0. The van der Waals surface area contributed by atoms with Crippen molar-refractivity contribution in [1.82, 2.24) is 0 Å². The zero-order valence-corrected chi connectivity index (χ0v) is 7.11. The quantitative estimate of drug-likeness (QED) is 0.346. The highest BCUT2D eigenvalue weighted by atomic mass is 16.6. The molecule has 2 fully saturated rings. The third-order valence-electron chi connectivity index (χ3n) is 2.91. The molecule has 0 saturated carbocycles. The molecule has 2 aliphatic heterocycles. The lowest BCUT2D eigenvalue weighted by atomic mass is 9.77. The standard InChI is InChI=1S/C7H11BO4/c1-7-3(2-11-6(7)10)12-5(8)4(7)9/h3-5,9H,2,8H2,1H3/t3?,4-,5?,7-/m0/s1. The van der Waals surface area contributed by atoms with Gasteiger partial charge in [0.2, 0.25) is 0 Å². The molecule has 5 heteroatoms. The van der Waals surface area contributed by atoms with Crippen molar-refractivity contribution >= 4 is 13.8 Å². The summed E-state index contributed by atoms with van der Waals surface area (Å²) in [6.07, 6.45) is -1.01. The van der Waals surface area contributed by atoms with E-state index in [-0.39, 0.29) is 24.7 Å². The van der Waals surface area contributed by atoms with Gasteiger partial charge in [-0.15, -0.1) is 0 Å². The smallest absolute Gasteiger partial charge is 0.317 e. The topological polar surface area (TPSA) is 55.8 Å². The first-order chi connectivity index (χ1) is 5.56. The van der Waals surface area contributed by atoms with Crippen LogP contribution in [-0.4, -0.2) is 43.7 Å². The third kappa shape index (κ3) is 0.729. The second kappa shape index (κ2) is 2.23. The minimum absolute atomic E-state index is 0.269. The number of esters is 1. The summed E-state index contributed by atoms with van der Waals surface area (Å²) >= 11 is 0. The minimum Gasteiger partial charge on any atom is -0.462 e. The van der Waals surface area contributed by atoms with Crippen LogP contribution >= 0.6 is 0 Å². The van der Waals surface area contributed by atoms with E-state index in [1.165, 1.54) is 0 Å². The van der Waals surface area contributed by atoms with Crippen LogP contribution in [-0.2, 0) is 14.3 Å². The monoisotopic (exact) mass is 170 g/mol. The SMILES string of the molecule is BC1OC2COC(=O)[C@]2(C)[C@H]1O. The van der Waals surface area contributed by atoms with Gasteiger partial charge in [0.1, 0.15) is 26.0 Å². The average molecular weight is 170 g/mol. The molecule has 0 amide bonds. The van der Waals surface area contributed by atoms with Gasteiger partial charge in [0.25, 0.3) is 0 Å². The van der Waals surface area contributed by atoms with Gasteiger partial charge in [-0.3, -0.25) is 4.79 Å². The molecule has 2 heterocycles. The second-order valence-corrected chi connectivity index (χ2v) is 3.66. The van der Waals surface area contributed by atoms with Crippen LogP contribution in [0.2, 0.25) is 0 Å². The lowest BCUT2D eigenvalue weighted by Gasteiger charge is -2.20. The molecule has 66 valence electrons. The number of aliphatic hydroxyl groups excluding tert-OH is 1. The summed E-state index contributed by atoms with van der Waals surface area (Å²) in [5.41, 5.74) is -0.834. The largest absolute Gasteiger partial charge is 0.462 e. The lowest BCUT2D eigenvalue weighted by Crippen LogP contribution is -2.41. The van der Waals surface area contributed by atoms with Gasteiger partial charge in [0.05, 0.1) is 12.1 Å². The van der Waals surface area contributed by atoms with Crippen molar-refractivity contribution in [2.24, 2.45) is 5.41 Å². The summed E-state index contributed by atoms with van der Waals surface area (Å²) in [7, 11) is 1.77. The van der Waals surface area contributed by atoms with Crippen molar-refractivity contribution in [3.63, 3.8) is 0 Å². The van der Waals surface area contributed by atoms with Crippen molar-refractivity contribution < 1.29 is 19.4 Å². The molecular formula is C7H11BO4. The highest BCUT2D eigenvalue weighted by Gasteiger charge is 2.61. The van der Waals surface area contributed by atoms with Crippen LogP contribution in [0.1, 0.15) is 6.92 Å². The summed E-state index contributed by atoms with van der Waals surface area (Å²) in [5.74, 6) is -0.343. The fourth-order valence-electron chi connectivity index (χ4n) is 1.92. The van der Waals surface area contributed by atoms with Crippen molar-refractivity contribution in [2.45, 2.75) is 25.1 Å².